The van der Waals surface area contributed by atoms with Crippen LogP contribution in [0.5, 0.6) is 0 Å². The largest absolute Gasteiger partial charge is 0.465 e. The van der Waals surface area contributed by atoms with Crippen molar-refractivity contribution in [3.63, 3.8) is 0 Å². The number of ether oxygens (including phenoxy) is 1. The van der Waals surface area contributed by atoms with Gasteiger partial charge in [-0.2, -0.15) is 0 Å². The van der Waals surface area contributed by atoms with E-state index in [4.69, 9.17) is 9.84 Å². The number of amides is 1. The topological polar surface area (TPSA) is 75.6 Å². The van der Waals surface area contributed by atoms with Gasteiger partial charge in [-0.1, -0.05) is 12.1 Å². The summed E-state index contributed by atoms with van der Waals surface area (Å²) >= 11 is 1.07. The molecule has 0 unspecified atom stereocenters. The van der Waals surface area contributed by atoms with Crippen LogP contribution in [0, 0.1) is 5.82 Å². The lowest BCUT2D eigenvalue weighted by Gasteiger charge is -2.20. The van der Waals surface area contributed by atoms with Crippen LogP contribution in [0.1, 0.15) is 31.1 Å². The van der Waals surface area contributed by atoms with Crippen molar-refractivity contribution < 1.29 is 23.8 Å². The van der Waals surface area contributed by atoms with Gasteiger partial charge in [-0.3, -0.25) is 5.32 Å². The van der Waals surface area contributed by atoms with E-state index in [2.05, 4.69) is 5.32 Å². The molecule has 23 heavy (non-hydrogen) atoms. The third-order valence-corrected chi connectivity index (χ3v) is 3.67. The summed E-state index contributed by atoms with van der Waals surface area (Å²) in [6, 6.07) is 5.60. The first-order valence-electron chi connectivity index (χ1n) is 6.78. The van der Waals surface area contributed by atoms with Crippen LogP contribution in [0.3, 0.4) is 0 Å². The summed E-state index contributed by atoms with van der Waals surface area (Å²) in [6.45, 7) is 5.16. The highest BCUT2D eigenvalue weighted by atomic mass is 32.1. The van der Waals surface area contributed by atoms with Crippen LogP contribution in [0.25, 0.3) is 11.1 Å². The SMILES string of the molecule is CC(C)(C)OC(=O)c1c(-c2ccc(F)cc2)csc1NC(=O)O. The number of carbonyl (C=O) groups excluding carboxylic acids is 1. The molecule has 0 saturated heterocycles. The van der Waals surface area contributed by atoms with Crippen LogP contribution in [0.4, 0.5) is 14.2 Å². The van der Waals surface area contributed by atoms with E-state index >= 15 is 0 Å². The number of nitrogens with one attached hydrogen (secondary N) is 1. The van der Waals surface area contributed by atoms with Gasteiger partial charge in [0.15, 0.2) is 0 Å². The van der Waals surface area contributed by atoms with Crippen molar-refractivity contribution >= 4 is 28.4 Å². The zero-order valence-corrected chi connectivity index (χ0v) is 13.7. The highest BCUT2D eigenvalue weighted by Gasteiger charge is 2.26. The predicted octanol–water partition coefficient (Wildman–Crippen LogP) is 4.60. The molecule has 0 radical (unpaired) electrons. The zero-order chi connectivity index (χ0) is 17.2. The number of anilines is 1. The molecule has 122 valence electrons. The maximum absolute atomic E-state index is 13.1. The molecular formula is C16H16FNO4S. The lowest BCUT2D eigenvalue weighted by atomic mass is 10.0. The molecule has 0 aliphatic rings. The number of thiophene rings is 1. The number of hydrogen-bond donors (Lipinski definition) is 2. The van der Waals surface area contributed by atoms with Crippen LogP contribution in [-0.2, 0) is 4.74 Å². The summed E-state index contributed by atoms with van der Waals surface area (Å²) in [5, 5.41) is 12.9. The smallest absolute Gasteiger partial charge is 0.409 e. The van der Waals surface area contributed by atoms with Crippen LogP contribution in [0.15, 0.2) is 29.6 Å². The van der Waals surface area contributed by atoms with Crippen molar-refractivity contribution in [2.75, 3.05) is 5.32 Å². The first kappa shape index (κ1) is 17.0. The van der Waals surface area contributed by atoms with E-state index in [1.165, 1.54) is 24.3 Å². The third-order valence-electron chi connectivity index (χ3n) is 2.77. The third kappa shape index (κ3) is 4.29. The van der Waals surface area contributed by atoms with Gasteiger partial charge in [0.25, 0.3) is 0 Å². The first-order chi connectivity index (χ1) is 10.7. The van der Waals surface area contributed by atoms with Crippen molar-refractivity contribution in [3.05, 3.63) is 41.0 Å². The van der Waals surface area contributed by atoms with Crippen LogP contribution >= 0.6 is 11.3 Å². The van der Waals surface area contributed by atoms with E-state index in [1.54, 1.807) is 26.2 Å². The predicted molar refractivity (Wildman–Crippen MR) is 86.5 cm³/mol. The molecule has 1 aromatic heterocycles. The Hall–Kier alpha value is -2.41. The van der Waals surface area contributed by atoms with Gasteiger partial charge in [0.1, 0.15) is 22.0 Å². The maximum atomic E-state index is 13.1. The van der Waals surface area contributed by atoms with Crippen molar-refractivity contribution in [1.29, 1.82) is 0 Å². The van der Waals surface area contributed by atoms with Gasteiger partial charge in [0.05, 0.1) is 0 Å². The summed E-state index contributed by atoms with van der Waals surface area (Å²) in [5.41, 5.74) is 0.494. The van der Waals surface area contributed by atoms with Crippen molar-refractivity contribution in [3.8, 4) is 11.1 Å². The van der Waals surface area contributed by atoms with Gasteiger partial charge in [0, 0.05) is 10.9 Å². The standard InChI is InChI=1S/C16H16FNO4S/c1-16(2,3)22-14(19)12-11(8-23-13(12)18-15(20)21)9-4-6-10(17)7-5-9/h4-8,18H,1-3H3,(H,20,21). The lowest BCUT2D eigenvalue weighted by Crippen LogP contribution is -2.24. The minimum Gasteiger partial charge on any atom is -0.465 e. The quantitative estimate of drug-likeness (QED) is 0.803. The average molecular weight is 337 g/mol. The number of rotatable bonds is 3. The van der Waals surface area contributed by atoms with Crippen molar-refractivity contribution in [2.45, 2.75) is 26.4 Å². The Morgan fingerprint density at radius 2 is 1.83 bits per heavy atom. The Morgan fingerprint density at radius 3 is 2.35 bits per heavy atom. The first-order valence-corrected chi connectivity index (χ1v) is 7.66. The molecule has 7 heteroatoms. The highest BCUT2D eigenvalue weighted by molar-refractivity contribution is 7.15. The Morgan fingerprint density at radius 1 is 1.22 bits per heavy atom. The van der Waals surface area contributed by atoms with Crippen molar-refractivity contribution in [2.24, 2.45) is 0 Å². The zero-order valence-electron chi connectivity index (χ0n) is 12.8. The molecule has 1 aromatic carbocycles. The average Bonchev–Trinajstić information content (AvgIpc) is 2.80. The van der Waals surface area contributed by atoms with Crippen LogP contribution < -0.4 is 5.32 Å². The highest BCUT2D eigenvalue weighted by Crippen LogP contribution is 2.37. The Kier molecular flexibility index (Phi) is 4.70. The van der Waals surface area contributed by atoms with E-state index in [9.17, 15) is 14.0 Å². The van der Waals surface area contributed by atoms with E-state index in [0.29, 0.717) is 11.1 Å². The minimum atomic E-state index is -1.28. The molecule has 0 fully saturated rings. The number of carbonyl (C=O) groups is 2. The molecule has 5 nitrogen and oxygen atoms in total. The van der Waals surface area contributed by atoms with Crippen LogP contribution in [-0.4, -0.2) is 22.8 Å². The molecule has 2 rings (SSSR count). The number of halogens is 1. The van der Waals surface area contributed by atoms with Gasteiger partial charge >= 0.3 is 12.1 Å². The van der Waals surface area contributed by atoms with E-state index in [0.717, 1.165) is 11.3 Å². The molecule has 0 aliphatic carbocycles. The molecule has 0 atom stereocenters. The molecular weight excluding hydrogens is 321 g/mol. The normalized spacial score (nSPS) is 11.1. The second kappa shape index (κ2) is 6.37. The molecule has 0 saturated carbocycles. The number of benzene rings is 1. The minimum absolute atomic E-state index is 0.124. The summed E-state index contributed by atoms with van der Waals surface area (Å²) < 4.78 is 18.4. The Bertz CT molecular complexity index is 732. The molecule has 2 N–H and O–H groups in total. The Balaban J connectivity index is 2.50. The molecule has 1 heterocycles. The monoisotopic (exact) mass is 337 g/mol. The Labute approximate surface area is 136 Å². The fourth-order valence-corrected chi connectivity index (χ4v) is 2.87. The fourth-order valence-electron chi connectivity index (χ4n) is 1.92. The summed E-state index contributed by atoms with van der Waals surface area (Å²) in [5.74, 6) is -1.03. The number of esters is 1. The second-order valence-corrected chi connectivity index (χ2v) is 6.67. The van der Waals surface area contributed by atoms with Gasteiger partial charge in [0.2, 0.25) is 0 Å². The van der Waals surface area contributed by atoms with Crippen molar-refractivity contribution in [1.82, 2.24) is 0 Å². The van der Waals surface area contributed by atoms with Gasteiger partial charge in [-0.15, -0.1) is 11.3 Å². The fraction of sp³-hybridized carbons (Fsp3) is 0.250. The number of carboxylic acid groups (broad SMARTS) is 1. The van der Waals surface area contributed by atoms with Gasteiger partial charge in [-0.05, 0) is 38.5 Å². The molecule has 0 bridgehead atoms. The summed E-state index contributed by atoms with van der Waals surface area (Å²) in [6.07, 6.45) is -1.28. The summed E-state index contributed by atoms with van der Waals surface area (Å²) in [7, 11) is 0. The molecule has 1 amide bonds. The molecule has 0 spiro atoms. The molecule has 0 aliphatic heterocycles. The lowest BCUT2D eigenvalue weighted by molar-refractivity contribution is 0.00722. The van der Waals surface area contributed by atoms with E-state index < -0.39 is 23.5 Å². The number of hydrogen-bond acceptors (Lipinski definition) is 4. The molecule has 2 aromatic rings. The van der Waals surface area contributed by atoms with Crippen LogP contribution in [0.2, 0.25) is 0 Å². The second-order valence-electron chi connectivity index (χ2n) is 5.79. The summed E-state index contributed by atoms with van der Waals surface area (Å²) in [4.78, 5) is 23.4. The maximum Gasteiger partial charge on any atom is 0.409 e. The van der Waals surface area contributed by atoms with E-state index in [1.807, 2.05) is 0 Å². The van der Waals surface area contributed by atoms with E-state index in [-0.39, 0.29) is 10.6 Å². The van der Waals surface area contributed by atoms with Gasteiger partial charge < -0.3 is 9.84 Å². The van der Waals surface area contributed by atoms with Gasteiger partial charge in [-0.25, -0.2) is 14.0 Å².